The summed E-state index contributed by atoms with van der Waals surface area (Å²) in [4.78, 5) is 38.6. The highest BCUT2D eigenvalue weighted by molar-refractivity contribution is 5.89. The first-order valence-electron chi connectivity index (χ1n) is 9.31. The molecule has 1 saturated heterocycles. The second kappa shape index (κ2) is 9.96. The maximum absolute atomic E-state index is 12.5. The molecule has 0 aromatic heterocycles. The van der Waals surface area contributed by atoms with Gasteiger partial charge in [0.1, 0.15) is 0 Å². The molecule has 0 radical (unpaired) electrons. The van der Waals surface area contributed by atoms with Crippen molar-refractivity contribution in [2.24, 2.45) is 5.92 Å². The maximum Gasteiger partial charge on any atom is 0.303 e. The first-order valence-corrected chi connectivity index (χ1v) is 9.31. The molecule has 2 rings (SSSR count). The van der Waals surface area contributed by atoms with E-state index in [-0.39, 0.29) is 30.6 Å². The number of methoxy groups -OCH3 is 2. The van der Waals surface area contributed by atoms with E-state index in [1.165, 1.54) is 4.90 Å². The van der Waals surface area contributed by atoms with Gasteiger partial charge in [0, 0.05) is 39.5 Å². The second-order valence-corrected chi connectivity index (χ2v) is 6.94. The van der Waals surface area contributed by atoms with E-state index < -0.39 is 5.97 Å². The molecule has 1 aliphatic rings. The molecule has 0 aliphatic carbocycles. The van der Waals surface area contributed by atoms with Crippen LogP contribution < -0.4 is 9.47 Å². The zero-order valence-corrected chi connectivity index (χ0v) is 16.6. The molecule has 28 heavy (non-hydrogen) atoms. The molecule has 0 spiro atoms. The molecule has 1 fully saturated rings. The fourth-order valence-electron chi connectivity index (χ4n) is 3.34. The highest BCUT2D eigenvalue weighted by atomic mass is 16.5. The molecule has 1 aromatic rings. The Bertz CT molecular complexity index is 721. The third-order valence-electron chi connectivity index (χ3n) is 4.94. The molecule has 2 amide bonds. The van der Waals surface area contributed by atoms with Crippen LogP contribution in [0.25, 0.3) is 0 Å². The van der Waals surface area contributed by atoms with E-state index in [0.717, 1.165) is 5.56 Å². The number of aliphatic carboxylic acids is 1. The van der Waals surface area contributed by atoms with Crippen molar-refractivity contribution in [1.82, 2.24) is 9.80 Å². The average Bonchev–Trinajstić information content (AvgIpc) is 3.05. The van der Waals surface area contributed by atoms with Gasteiger partial charge in [0.05, 0.1) is 20.1 Å². The van der Waals surface area contributed by atoms with Crippen LogP contribution in [0.3, 0.4) is 0 Å². The van der Waals surface area contributed by atoms with Gasteiger partial charge in [-0.05, 0) is 30.5 Å². The summed E-state index contributed by atoms with van der Waals surface area (Å²) in [6, 6.07) is 5.65. The zero-order chi connectivity index (χ0) is 20.7. The molecule has 0 saturated carbocycles. The quantitative estimate of drug-likeness (QED) is 0.647. The van der Waals surface area contributed by atoms with Crippen molar-refractivity contribution < 1.29 is 29.0 Å². The van der Waals surface area contributed by atoms with Crippen molar-refractivity contribution in [3.8, 4) is 11.5 Å². The van der Waals surface area contributed by atoms with E-state index in [2.05, 4.69) is 0 Å². The Balaban J connectivity index is 1.87. The van der Waals surface area contributed by atoms with Gasteiger partial charge in [0.25, 0.3) is 0 Å². The molecule has 154 valence electrons. The normalized spacial score (nSPS) is 16.2. The topological polar surface area (TPSA) is 96.4 Å². The Labute approximate surface area is 165 Å². The summed E-state index contributed by atoms with van der Waals surface area (Å²) in [6.45, 7) is 1.30. The fourth-order valence-corrected chi connectivity index (χ4v) is 3.34. The number of hydrogen-bond donors (Lipinski definition) is 1. The standard InChI is InChI=1S/C20H28N2O6/c1-21(9-4-5-19(24)25)20(26)15-12-18(23)22(13-15)10-8-14-6-7-16(27-2)17(11-14)28-3/h6-7,11,15H,4-5,8-10,12-13H2,1-3H3,(H,24,25). The van der Waals surface area contributed by atoms with Crippen molar-refractivity contribution in [3.63, 3.8) is 0 Å². The van der Waals surface area contributed by atoms with Crippen LogP contribution in [0.4, 0.5) is 0 Å². The zero-order valence-electron chi connectivity index (χ0n) is 16.6. The van der Waals surface area contributed by atoms with Gasteiger partial charge in [-0.15, -0.1) is 0 Å². The van der Waals surface area contributed by atoms with Crippen molar-refractivity contribution in [3.05, 3.63) is 23.8 Å². The lowest BCUT2D eigenvalue weighted by molar-refractivity contribution is -0.138. The van der Waals surface area contributed by atoms with Gasteiger partial charge >= 0.3 is 5.97 Å². The minimum atomic E-state index is -0.877. The molecule has 1 N–H and O–H groups in total. The van der Waals surface area contributed by atoms with E-state index in [1.807, 2.05) is 18.2 Å². The minimum Gasteiger partial charge on any atom is -0.493 e. The number of carbonyl (C=O) groups excluding carboxylic acids is 2. The van der Waals surface area contributed by atoms with Crippen LogP contribution in [0.15, 0.2) is 18.2 Å². The lowest BCUT2D eigenvalue weighted by atomic mass is 10.1. The lowest BCUT2D eigenvalue weighted by Gasteiger charge is -2.21. The summed E-state index contributed by atoms with van der Waals surface area (Å²) in [7, 11) is 4.81. The van der Waals surface area contributed by atoms with Gasteiger partial charge in [-0.1, -0.05) is 6.07 Å². The van der Waals surface area contributed by atoms with Crippen molar-refractivity contribution in [2.45, 2.75) is 25.7 Å². The predicted octanol–water partition coefficient (Wildman–Crippen LogP) is 1.42. The first kappa shape index (κ1) is 21.5. The third-order valence-corrected chi connectivity index (χ3v) is 4.94. The highest BCUT2D eigenvalue weighted by Crippen LogP contribution is 2.28. The Morgan fingerprint density at radius 1 is 1.25 bits per heavy atom. The van der Waals surface area contributed by atoms with Crippen LogP contribution >= 0.6 is 0 Å². The number of carboxylic acids is 1. The molecule has 8 heteroatoms. The molecule has 1 heterocycles. The van der Waals surface area contributed by atoms with E-state index in [9.17, 15) is 14.4 Å². The van der Waals surface area contributed by atoms with Gasteiger partial charge in [0.15, 0.2) is 11.5 Å². The van der Waals surface area contributed by atoms with Crippen LogP contribution in [-0.4, -0.2) is 73.6 Å². The lowest BCUT2D eigenvalue weighted by Crippen LogP contribution is -2.35. The molecule has 1 atom stereocenters. The minimum absolute atomic E-state index is 0.0265. The van der Waals surface area contributed by atoms with Gasteiger partial charge < -0.3 is 24.4 Å². The number of rotatable bonds is 10. The second-order valence-electron chi connectivity index (χ2n) is 6.94. The first-order chi connectivity index (χ1) is 13.3. The number of hydrogen-bond acceptors (Lipinski definition) is 5. The number of ether oxygens (including phenoxy) is 2. The van der Waals surface area contributed by atoms with Crippen molar-refractivity contribution in [2.75, 3.05) is 40.9 Å². The van der Waals surface area contributed by atoms with E-state index >= 15 is 0 Å². The number of carbonyl (C=O) groups is 3. The molecule has 1 unspecified atom stereocenters. The summed E-state index contributed by atoms with van der Waals surface area (Å²) in [6.07, 6.45) is 1.29. The molecular formula is C20H28N2O6. The molecule has 1 aliphatic heterocycles. The van der Waals surface area contributed by atoms with Gasteiger partial charge in [0.2, 0.25) is 11.8 Å². The van der Waals surface area contributed by atoms with Crippen LogP contribution in [-0.2, 0) is 20.8 Å². The maximum atomic E-state index is 12.5. The SMILES string of the molecule is COc1ccc(CCN2CC(C(=O)N(C)CCCC(=O)O)CC2=O)cc1OC. The summed E-state index contributed by atoms with van der Waals surface area (Å²) in [5, 5.41) is 8.69. The van der Waals surface area contributed by atoms with Crippen molar-refractivity contribution in [1.29, 1.82) is 0 Å². The van der Waals surface area contributed by atoms with Crippen molar-refractivity contribution >= 4 is 17.8 Å². The van der Waals surface area contributed by atoms with Gasteiger partial charge in [-0.2, -0.15) is 0 Å². The van der Waals surface area contributed by atoms with Crippen LogP contribution in [0.1, 0.15) is 24.8 Å². The summed E-state index contributed by atoms with van der Waals surface area (Å²) in [5.41, 5.74) is 1.02. The van der Waals surface area contributed by atoms with Gasteiger partial charge in [-0.25, -0.2) is 0 Å². The Hall–Kier alpha value is -2.77. The summed E-state index contributed by atoms with van der Waals surface area (Å²) in [5.74, 6) is -0.0834. The predicted molar refractivity (Wildman–Crippen MR) is 102 cm³/mol. The third kappa shape index (κ3) is 5.61. The number of nitrogens with zero attached hydrogens (tertiary/aromatic N) is 2. The fraction of sp³-hybridized carbons (Fsp3) is 0.550. The molecule has 8 nitrogen and oxygen atoms in total. The number of benzene rings is 1. The van der Waals surface area contributed by atoms with E-state index in [1.54, 1.807) is 26.2 Å². The van der Waals surface area contributed by atoms with E-state index in [4.69, 9.17) is 14.6 Å². The van der Waals surface area contributed by atoms with Crippen LogP contribution in [0.2, 0.25) is 0 Å². The average molecular weight is 392 g/mol. The Morgan fingerprint density at radius 3 is 2.61 bits per heavy atom. The monoisotopic (exact) mass is 392 g/mol. The summed E-state index contributed by atoms with van der Waals surface area (Å²) < 4.78 is 10.5. The molecule has 1 aromatic carbocycles. The highest BCUT2D eigenvalue weighted by Gasteiger charge is 2.35. The Morgan fingerprint density at radius 2 is 1.96 bits per heavy atom. The van der Waals surface area contributed by atoms with E-state index in [0.29, 0.717) is 44.0 Å². The van der Waals surface area contributed by atoms with Crippen LogP contribution in [0, 0.1) is 5.92 Å². The smallest absolute Gasteiger partial charge is 0.303 e. The number of likely N-dealkylation sites (tertiary alicyclic amines) is 1. The van der Waals surface area contributed by atoms with Crippen LogP contribution in [0.5, 0.6) is 11.5 Å². The number of carboxylic acid groups (broad SMARTS) is 1. The molecule has 0 bridgehead atoms. The largest absolute Gasteiger partial charge is 0.493 e. The Kier molecular flexibility index (Phi) is 7.66. The number of amides is 2. The summed E-state index contributed by atoms with van der Waals surface area (Å²) >= 11 is 0. The molecular weight excluding hydrogens is 364 g/mol. The van der Waals surface area contributed by atoms with Gasteiger partial charge in [-0.3, -0.25) is 14.4 Å².